The summed E-state index contributed by atoms with van der Waals surface area (Å²) < 4.78 is 0. The number of hydrogen-bond donors (Lipinski definition) is 0. The van der Waals surface area contributed by atoms with Gasteiger partial charge in [-0.05, 0) is 32.4 Å². The molecule has 3 saturated heterocycles. The lowest BCUT2D eigenvalue weighted by atomic mass is 9.60. The number of fused-ring (bicyclic) bond motifs is 1. The molecule has 4 rings (SSSR count). The Morgan fingerprint density at radius 1 is 1.24 bits per heavy atom. The van der Waals surface area contributed by atoms with Crippen molar-refractivity contribution >= 4 is 23.2 Å². The Balaban J connectivity index is 1.55. The van der Waals surface area contributed by atoms with Crippen LogP contribution in [0, 0.1) is 10.8 Å². The van der Waals surface area contributed by atoms with Crippen molar-refractivity contribution in [2.24, 2.45) is 10.8 Å². The smallest absolute Gasteiger partial charge is 0.231 e. The molecule has 0 saturated carbocycles. The SMILES string of the molecule is CC(=O)N1CC2(CCN(Cc3nccs3)CC2)[C@]2(CCN(C)C2=O)C1. The van der Waals surface area contributed by atoms with E-state index in [9.17, 15) is 9.59 Å². The molecule has 1 aromatic heterocycles. The van der Waals surface area contributed by atoms with Crippen molar-refractivity contribution in [2.45, 2.75) is 32.7 Å². The third kappa shape index (κ3) is 2.59. The van der Waals surface area contributed by atoms with Crippen LogP contribution in [-0.4, -0.2) is 71.3 Å². The van der Waals surface area contributed by atoms with Crippen LogP contribution in [0.2, 0.25) is 0 Å². The van der Waals surface area contributed by atoms with E-state index in [1.807, 2.05) is 28.4 Å². The van der Waals surface area contributed by atoms with E-state index in [4.69, 9.17) is 0 Å². The summed E-state index contributed by atoms with van der Waals surface area (Å²) in [6, 6.07) is 0. The summed E-state index contributed by atoms with van der Waals surface area (Å²) in [4.78, 5) is 35.8. The van der Waals surface area contributed by atoms with Gasteiger partial charge in [-0.15, -0.1) is 11.3 Å². The second-order valence-electron chi connectivity index (χ2n) is 7.92. The number of aromatic nitrogens is 1. The van der Waals surface area contributed by atoms with Gasteiger partial charge in [-0.2, -0.15) is 0 Å². The molecule has 2 spiro atoms. The molecule has 0 bridgehead atoms. The van der Waals surface area contributed by atoms with Crippen LogP contribution in [0.15, 0.2) is 11.6 Å². The Kier molecular flexibility index (Phi) is 4.11. The molecule has 3 fully saturated rings. The van der Waals surface area contributed by atoms with Gasteiger partial charge in [-0.1, -0.05) is 0 Å². The Bertz CT molecular complexity index is 669. The number of rotatable bonds is 2. The highest BCUT2D eigenvalue weighted by atomic mass is 32.1. The van der Waals surface area contributed by atoms with E-state index >= 15 is 0 Å². The summed E-state index contributed by atoms with van der Waals surface area (Å²) in [5.74, 6) is 0.355. The third-order valence-corrected chi connectivity index (χ3v) is 7.46. The van der Waals surface area contributed by atoms with E-state index in [-0.39, 0.29) is 22.6 Å². The summed E-state index contributed by atoms with van der Waals surface area (Å²) in [5.41, 5.74) is -0.416. The van der Waals surface area contributed by atoms with Gasteiger partial charge in [0.25, 0.3) is 0 Å². The fraction of sp³-hybridized carbons (Fsp3) is 0.722. The van der Waals surface area contributed by atoms with Gasteiger partial charge in [0.1, 0.15) is 5.01 Å². The first-order valence-corrected chi connectivity index (χ1v) is 9.96. The lowest BCUT2D eigenvalue weighted by Gasteiger charge is -2.46. The molecule has 0 aliphatic carbocycles. The van der Waals surface area contributed by atoms with E-state index in [0.717, 1.165) is 57.0 Å². The Hall–Kier alpha value is -1.47. The highest BCUT2D eigenvalue weighted by Gasteiger charge is 2.65. The molecular weight excluding hydrogens is 336 g/mol. The minimum Gasteiger partial charge on any atom is -0.345 e. The predicted octanol–water partition coefficient (Wildman–Crippen LogP) is 1.44. The van der Waals surface area contributed by atoms with Crippen LogP contribution in [-0.2, 0) is 16.1 Å². The second kappa shape index (κ2) is 6.06. The van der Waals surface area contributed by atoms with Crippen LogP contribution in [0.4, 0.5) is 0 Å². The van der Waals surface area contributed by atoms with Crippen molar-refractivity contribution < 1.29 is 9.59 Å². The number of piperidine rings is 1. The number of nitrogens with zero attached hydrogens (tertiary/aromatic N) is 4. The van der Waals surface area contributed by atoms with Crippen molar-refractivity contribution in [3.05, 3.63) is 16.6 Å². The summed E-state index contributed by atoms with van der Waals surface area (Å²) in [5, 5.41) is 3.17. The normalized spacial score (nSPS) is 29.3. The van der Waals surface area contributed by atoms with Crippen molar-refractivity contribution in [2.75, 3.05) is 39.8 Å². The van der Waals surface area contributed by atoms with E-state index in [0.29, 0.717) is 6.54 Å². The quantitative estimate of drug-likeness (QED) is 0.799. The van der Waals surface area contributed by atoms with Gasteiger partial charge >= 0.3 is 0 Å². The minimum atomic E-state index is -0.360. The van der Waals surface area contributed by atoms with Gasteiger partial charge in [0.2, 0.25) is 11.8 Å². The van der Waals surface area contributed by atoms with Crippen molar-refractivity contribution in [3.63, 3.8) is 0 Å². The summed E-state index contributed by atoms with van der Waals surface area (Å²) in [7, 11) is 1.90. The molecule has 0 unspecified atom stereocenters. The highest BCUT2D eigenvalue weighted by Crippen LogP contribution is 2.57. The molecule has 0 radical (unpaired) electrons. The average Bonchev–Trinajstić information content (AvgIpc) is 3.28. The molecule has 3 aliphatic heterocycles. The monoisotopic (exact) mass is 362 g/mol. The maximum atomic E-state index is 13.1. The van der Waals surface area contributed by atoms with Gasteiger partial charge in [0.05, 0.1) is 12.0 Å². The van der Waals surface area contributed by atoms with Crippen LogP contribution in [0.3, 0.4) is 0 Å². The Morgan fingerprint density at radius 3 is 2.56 bits per heavy atom. The molecule has 2 amide bonds. The first kappa shape index (κ1) is 17.0. The van der Waals surface area contributed by atoms with Gasteiger partial charge in [-0.25, -0.2) is 4.98 Å². The largest absolute Gasteiger partial charge is 0.345 e. The lowest BCUT2D eigenvalue weighted by molar-refractivity contribution is -0.141. The Labute approximate surface area is 152 Å². The van der Waals surface area contributed by atoms with Crippen LogP contribution >= 0.6 is 11.3 Å². The first-order chi connectivity index (χ1) is 12.0. The van der Waals surface area contributed by atoms with Gasteiger partial charge < -0.3 is 9.80 Å². The molecule has 136 valence electrons. The van der Waals surface area contributed by atoms with E-state index in [2.05, 4.69) is 9.88 Å². The summed E-state index contributed by atoms with van der Waals surface area (Å²) >= 11 is 1.70. The van der Waals surface area contributed by atoms with E-state index in [1.54, 1.807) is 18.3 Å². The average molecular weight is 362 g/mol. The molecule has 25 heavy (non-hydrogen) atoms. The summed E-state index contributed by atoms with van der Waals surface area (Å²) in [6.07, 6.45) is 4.72. The zero-order valence-electron chi connectivity index (χ0n) is 15.0. The molecule has 0 aromatic carbocycles. The fourth-order valence-electron chi connectivity index (χ4n) is 5.16. The molecule has 7 heteroatoms. The molecular formula is C18H26N4O2S. The molecule has 0 N–H and O–H groups in total. The first-order valence-electron chi connectivity index (χ1n) is 9.08. The van der Waals surface area contributed by atoms with Crippen molar-refractivity contribution in [1.29, 1.82) is 0 Å². The van der Waals surface area contributed by atoms with Crippen LogP contribution in [0.1, 0.15) is 31.2 Å². The second-order valence-corrected chi connectivity index (χ2v) is 8.90. The topological polar surface area (TPSA) is 56.8 Å². The van der Waals surface area contributed by atoms with Gasteiger partial charge in [0.15, 0.2) is 0 Å². The van der Waals surface area contributed by atoms with Gasteiger partial charge in [-0.3, -0.25) is 14.5 Å². The van der Waals surface area contributed by atoms with Gasteiger partial charge in [0, 0.05) is 50.6 Å². The van der Waals surface area contributed by atoms with Crippen molar-refractivity contribution in [1.82, 2.24) is 19.7 Å². The van der Waals surface area contributed by atoms with Crippen LogP contribution in [0.25, 0.3) is 0 Å². The number of likely N-dealkylation sites (tertiary alicyclic amines) is 3. The third-order valence-electron chi connectivity index (χ3n) is 6.70. The number of amides is 2. The van der Waals surface area contributed by atoms with Crippen LogP contribution < -0.4 is 0 Å². The molecule has 1 aromatic rings. The maximum Gasteiger partial charge on any atom is 0.231 e. The molecule has 1 atom stereocenters. The standard InChI is InChI=1S/C18H26N4O2S/c1-14(23)22-12-17(18(13-22)5-7-20(2)16(18)24)3-8-21(9-4-17)11-15-19-6-10-25-15/h6,10H,3-5,7-9,11-13H2,1-2H3/t18-/m1/s1. The zero-order valence-corrected chi connectivity index (χ0v) is 15.8. The lowest BCUT2D eigenvalue weighted by Crippen LogP contribution is -2.52. The van der Waals surface area contributed by atoms with E-state index < -0.39 is 0 Å². The number of carbonyl (C=O) groups excluding carboxylic acids is 2. The molecule has 6 nitrogen and oxygen atoms in total. The van der Waals surface area contributed by atoms with Crippen LogP contribution in [0.5, 0.6) is 0 Å². The van der Waals surface area contributed by atoms with Crippen molar-refractivity contribution in [3.8, 4) is 0 Å². The molecule has 3 aliphatic rings. The zero-order chi connectivity index (χ0) is 17.7. The number of hydrogen-bond acceptors (Lipinski definition) is 5. The van der Waals surface area contributed by atoms with E-state index in [1.165, 1.54) is 0 Å². The molecule has 4 heterocycles. The summed E-state index contributed by atoms with van der Waals surface area (Å²) in [6.45, 7) is 6.65. The Morgan fingerprint density at radius 2 is 2.00 bits per heavy atom. The maximum absolute atomic E-state index is 13.1. The fourth-order valence-corrected chi connectivity index (χ4v) is 5.82. The minimum absolute atomic E-state index is 0.0557. The number of thiazole rings is 1. The number of carbonyl (C=O) groups is 2. The predicted molar refractivity (Wildman–Crippen MR) is 96.0 cm³/mol. The highest BCUT2D eigenvalue weighted by molar-refractivity contribution is 7.09.